The number of aromatic hydroxyl groups is 1. The number of thioether (sulfide) groups is 1. The molecule has 10 heteroatoms. The first-order valence-electron chi connectivity index (χ1n) is 7.53. The number of ketones is 1. The fourth-order valence-electron chi connectivity index (χ4n) is 2.36. The molecule has 0 saturated heterocycles. The van der Waals surface area contributed by atoms with Crippen molar-refractivity contribution < 1.29 is 18.3 Å². The first-order chi connectivity index (χ1) is 12.7. The molecule has 0 bridgehead atoms. The molecule has 0 aliphatic carbocycles. The normalized spacial score (nSPS) is 11.7. The number of phenols is 1. The number of Topliss-reactive ketones (excluding diaryl/α,β-unsaturated/α-hetero) is 1. The van der Waals surface area contributed by atoms with Crippen molar-refractivity contribution in [2.45, 2.75) is 16.0 Å². The molecule has 142 valence electrons. The zero-order valence-corrected chi connectivity index (χ0v) is 17.8. The second-order valence-corrected chi connectivity index (χ2v) is 10.6. The van der Waals surface area contributed by atoms with E-state index < -0.39 is 10.0 Å². The third-order valence-electron chi connectivity index (χ3n) is 3.54. The molecule has 3 rings (SSSR count). The lowest BCUT2D eigenvalue weighted by Gasteiger charge is -2.14. The van der Waals surface area contributed by atoms with E-state index in [0.717, 1.165) is 23.1 Å². The lowest BCUT2D eigenvalue weighted by atomic mass is 10.1. The van der Waals surface area contributed by atoms with Crippen LogP contribution in [-0.4, -0.2) is 25.1 Å². The van der Waals surface area contributed by atoms with E-state index in [9.17, 15) is 18.3 Å². The number of nitrogens with one attached hydrogen (secondary N) is 1. The maximum absolute atomic E-state index is 12.7. The Kier molecular flexibility index (Phi) is 5.93. The first kappa shape index (κ1) is 20.3. The minimum absolute atomic E-state index is 0.00186. The monoisotopic (exact) mass is 461 g/mol. The molecule has 0 aliphatic heterocycles. The molecule has 0 radical (unpaired) electrons. The van der Waals surface area contributed by atoms with Crippen LogP contribution in [0.1, 0.15) is 6.92 Å². The molecule has 3 aromatic rings. The summed E-state index contributed by atoms with van der Waals surface area (Å²) in [7, 11) is -3.93. The number of hydrogen-bond acceptors (Lipinski definition) is 6. The summed E-state index contributed by atoms with van der Waals surface area (Å²) >= 11 is 13.7. The number of rotatable bonds is 6. The summed E-state index contributed by atoms with van der Waals surface area (Å²) < 4.78 is 28.2. The average molecular weight is 462 g/mol. The summed E-state index contributed by atoms with van der Waals surface area (Å²) in [6.45, 7) is 1.44. The van der Waals surface area contributed by atoms with E-state index in [-0.39, 0.29) is 36.5 Å². The van der Waals surface area contributed by atoms with Crippen molar-refractivity contribution in [3.63, 3.8) is 0 Å². The Morgan fingerprint density at radius 3 is 2.48 bits per heavy atom. The van der Waals surface area contributed by atoms with Gasteiger partial charge in [-0.3, -0.25) is 9.52 Å². The summed E-state index contributed by atoms with van der Waals surface area (Å²) in [6, 6.07) is 9.64. The van der Waals surface area contributed by atoms with Crippen LogP contribution in [-0.2, 0) is 14.8 Å². The van der Waals surface area contributed by atoms with Crippen LogP contribution in [0.2, 0.25) is 9.36 Å². The summed E-state index contributed by atoms with van der Waals surface area (Å²) in [6.07, 6.45) is 0. The van der Waals surface area contributed by atoms with Gasteiger partial charge in [0.1, 0.15) is 20.1 Å². The number of carbonyl (C=O) groups excluding carboxylic acids is 1. The lowest BCUT2D eigenvalue weighted by Crippen LogP contribution is -2.12. The molecule has 5 nitrogen and oxygen atoms in total. The van der Waals surface area contributed by atoms with Crippen LogP contribution in [0.5, 0.6) is 5.75 Å². The summed E-state index contributed by atoms with van der Waals surface area (Å²) in [4.78, 5) is 11.7. The standard InChI is InChI=1S/C17H13Cl2NO4S3/c1-9(21)8-25-14-7-13(10-4-2-3-5-11(10)16(14)22)20-27(23,24)15-6-12(18)17(19)26-15/h2-7,20,22H,8H2,1H3. The van der Waals surface area contributed by atoms with Gasteiger partial charge in [0.05, 0.1) is 21.4 Å². The molecule has 0 unspecified atom stereocenters. The van der Waals surface area contributed by atoms with Crippen molar-refractivity contribution in [1.29, 1.82) is 0 Å². The molecule has 0 aliphatic rings. The predicted molar refractivity (Wildman–Crippen MR) is 112 cm³/mol. The van der Waals surface area contributed by atoms with Gasteiger partial charge in [-0.05, 0) is 19.1 Å². The molecule has 1 aromatic heterocycles. The maximum atomic E-state index is 12.7. The predicted octanol–water partition coefficient (Wildman–Crippen LogP) is 5.40. The van der Waals surface area contributed by atoms with Crippen molar-refractivity contribution in [3.05, 3.63) is 45.8 Å². The van der Waals surface area contributed by atoms with Crippen molar-refractivity contribution in [3.8, 4) is 5.75 Å². The van der Waals surface area contributed by atoms with E-state index in [2.05, 4.69) is 4.72 Å². The van der Waals surface area contributed by atoms with Gasteiger partial charge in [-0.15, -0.1) is 23.1 Å². The van der Waals surface area contributed by atoms with E-state index in [0.29, 0.717) is 15.7 Å². The van der Waals surface area contributed by atoms with Crippen molar-refractivity contribution in [2.24, 2.45) is 0 Å². The van der Waals surface area contributed by atoms with Gasteiger partial charge in [-0.2, -0.15) is 0 Å². The largest absolute Gasteiger partial charge is 0.506 e. The molecule has 0 fully saturated rings. The molecule has 0 spiro atoms. The number of anilines is 1. The molecule has 2 N–H and O–H groups in total. The fourth-order valence-corrected chi connectivity index (χ4v) is 6.12. The first-order valence-corrected chi connectivity index (χ1v) is 11.6. The number of carbonyl (C=O) groups is 1. The van der Waals surface area contributed by atoms with Gasteiger partial charge in [0.25, 0.3) is 10.0 Å². The average Bonchev–Trinajstić information content (AvgIpc) is 2.96. The summed E-state index contributed by atoms with van der Waals surface area (Å²) in [5.41, 5.74) is 0.287. The number of sulfonamides is 1. The van der Waals surface area contributed by atoms with Gasteiger partial charge in [0.15, 0.2) is 0 Å². The third kappa shape index (κ3) is 4.35. The van der Waals surface area contributed by atoms with Gasteiger partial charge in [-0.25, -0.2) is 8.42 Å². The zero-order valence-electron chi connectivity index (χ0n) is 13.8. The van der Waals surface area contributed by atoms with Crippen molar-refractivity contribution in [2.75, 3.05) is 10.5 Å². The Bertz CT molecular complexity index is 1120. The lowest BCUT2D eigenvalue weighted by molar-refractivity contribution is -0.114. The van der Waals surface area contributed by atoms with Crippen LogP contribution in [0.3, 0.4) is 0 Å². The molecule has 0 saturated carbocycles. The van der Waals surface area contributed by atoms with E-state index in [1.165, 1.54) is 19.1 Å². The number of phenolic OH excluding ortho intramolecular Hbond substituents is 1. The highest BCUT2D eigenvalue weighted by Gasteiger charge is 2.22. The number of benzene rings is 2. The van der Waals surface area contributed by atoms with Gasteiger partial charge < -0.3 is 5.11 Å². The number of thiophene rings is 1. The molecule has 0 amide bonds. The van der Waals surface area contributed by atoms with E-state index in [1.54, 1.807) is 24.3 Å². The van der Waals surface area contributed by atoms with Crippen LogP contribution in [0.15, 0.2) is 45.5 Å². The maximum Gasteiger partial charge on any atom is 0.271 e. The highest BCUT2D eigenvalue weighted by Crippen LogP contribution is 2.41. The Morgan fingerprint density at radius 2 is 1.89 bits per heavy atom. The quantitative estimate of drug-likeness (QED) is 0.379. The van der Waals surface area contributed by atoms with Crippen molar-refractivity contribution in [1.82, 2.24) is 0 Å². The van der Waals surface area contributed by atoms with E-state index in [1.807, 2.05) is 0 Å². The van der Waals surface area contributed by atoms with Gasteiger partial charge in [-0.1, -0.05) is 47.5 Å². The van der Waals surface area contributed by atoms with Crippen LogP contribution in [0.25, 0.3) is 10.8 Å². The van der Waals surface area contributed by atoms with Crippen molar-refractivity contribution >= 4 is 78.6 Å². The molecule has 27 heavy (non-hydrogen) atoms. The second-order valence-electron chi connectivity index (χ2n) is 5.60. The number of halogens is 2. The highest BCUT2D eigenvalue weighted by molar-refractivity contribution is 8.00. The van der Waals surface area contributed by atoms with Gasteiger partial charge in [0.2, 0.25) is 0 Å². The van der Waals surface area contributed by atoms with Crippen LogP contribution in [0, 0.1) is 0 Å². The highest BCUT2D eigenvalue weighted by atomic mass is 35.5. The third-order valence-corrected chi connectivity index (χ3v) is 8.42. The summed E-state index contributed by atoms with van der Waals surface area (Å²) in [5, 5.41) is 11.7. The van der Waals surface area contributed by atoms with Crippen LogP contribution in [0.4, 0.5) is 5.69 Å². The Balaban J connectivity index is 2.09. The van der Waals surface area contributed by atoms with Gasteiger partial charge in [0, 0.05) is 10.8 Å². The Hall–Kier alpha value is -1.45. The van der Waals surface area contributed by atoms with Crippen LogP contribution >= 0.6 is 46.3 Å². The second kappa shape index (κ2) is 7.89. The minimum Gasteiger partial charge on any atom is -0.506 e. The summed E-state index contributed by atoms with van der Waals surface area (Å²) in [5.74, 6) is 0.105. The Morgan fingerprint density at radius 1 is 1.22 bits per heavy atom. The number of hydrogen-bond donors (Lipinski definition) is 2. The van der Waals surface area contributed by atoms with Gasteiger partial charge >= 0.3 is 0 Å². The van der Waals surface area contributed by atoms with E-state index in [4.69, 9.17) is 23.2 Å². The SMILES string of the molecule is CC(=O)CSc1cc(NS(=O)(=O)c2cc(Cl)c(Cl)s2)c2ccccc2c1O. The molecule has 2 aromatic carbocycles. The smallest absolute Gasteiger partial charge is 0.271 e. The number of fused-ring (bicyclic) bond motifs is 1. The topological polar surface area (TPSA) is 83.5 Å². The molecular weight excluding hydrogens is 449 g/mol. The Labute approximate surface area is 174 Å². The van der Waals surface area contributed by atoms with Crippen LogP contribution < -0.4 is 4.72 Å². The minimum atomic E-state index is -3.93. The molecule has 1 heterocycles. The van der Waals surface area contributed by atoms with E-state index >= 15 is 0 Å². The fraction of sp³-hybridized carbons (Fsp3) is 0.118. The molecular formula is C17H13Cl2NO4S3. The zero-order chi connectivity index (χ0) is 19.8. The molecule has 0 atom stereocenters.